The molecule has 0 heterocycles. The van der Waals surface area contributed by atoms with Crippen LogP contribution in [-0.4, -0.2) is 12.4 Å². The maximum absolute atomic E-state index is 6.10. The molecule has 1 aliphatic carbocycles. The molecule has 0 fully saturated rings. The van der Waals surface area contributed by atoms with Crippen LogP contribution in [-0.2, 0) is 12.8 Å². The molecule has 2 N–H and O–H groups in total. The average Bonchev–Trinajstić information content (AvgIpc) is 2.35. The predicted octanol–water partition coefficient (Wildman–Crippen LogP) is 2.80. The van der Waals surface area contributed by atoms with E-state index in [2.05, 4.69) is 43.1 Å². The zero-order valence-electron chi connectivity index (χ0n) is 10.8. The Morgan fingerprint density at radius 2 is 2.06 bits per heavy atom. The molecular formula is C15H22N2. The summed E-state index contributed by atoms with van der Waals surface area (Å²) in [4.78, 5) is 4.51. The second-order valence-electron chi connectivity index (χ2n) is 5.37. The van der Waals surface area contributed by atoms with Gasteiger partial charge in [-0.2, -0.15) is 0 Å². The third kappa shape index (κ3) is 3.09. The van der Waals surface area contributed by atoms with Crippen molar-refractivity contribution in [3.63, 3.8) is 0 Å². The number of rotatable bonds is 3. The largest absolute Gasteiger partial charge is 0.387 e. The van der Waals surface area contributed by atoms with Crippen LogP contribution >= 0.6 is 0 Å². The number of aliphatic imine (C=N–C) groups is 1. The summed E-state index contributed by atoms with van der Waals surface area (Å²) >= 11 is 0. The van der Waals surface area contributed by atoms with E-state index in [9.17, 15) is 0 Å². The van der Waals surface area contributed by atoms with Crippen molar-refractivity contribution in [1.29, 1.82) is 0 Å². The average molecular weight is 230 g/mol. The van der Waals surface area contributed by atoms with Crippen molar-refractivity contribution in [2.24, 2.45) is 22.6 Å². The van der Waals surface area contributed by atoms with E-state index in [4.69, 9.17) is 5.73 Å². The van der Waals surface area contributed by atoms with Crippen LogP contribution in [0.4, 0.5) is 0 Å². The lowest BCUT2D eigenvalue weighted by Gasteiger charge is -2.24. The molecule has 1 atom stereocenters. The summed E-state index contributed by atoms with van der Waals surface area (Å²) in [6, 6.07) is 8.68. The molecule has 17 heavy (non-hydrogen) atoms. The molecule has 0 spiro atoms. The summed E-state index contributed by atoms with van der Waals surface area (Å²) in [6.07, 6.45) is 3.34. The zero-order valence-corrected chi connectivity index (χ0v) is 10.8. The summed E-state index contributed by atoms with van der Waals surface area (Å²) in [5, 5.41) is 0. The Morgan fingerprint density at radius 1 is 1.35 bits per heavy atom. The van der Waals surface area contributed by atoms with Gasteiger partial charge < -0.3 is 5.73 Å². The SMILES string of the molecule is CC(C)CN=C(N)C1CCc2ccccc2C1. The van der Waals surface area contributed by atoms with Crippen LogP contribution in [0.25, 0.3) is 0 Å². The maximum Gasteiger partial charge on any atom is 0.0971 e. The van der Waals surface area contributed by atoms with Gasteiger partial charge in [-0.25, -0.2) is 0 Å². The molecule has 1 aromatic rings. The number of amidine groups is 1. The van der Waals surface area contributed by atoms with Crippen LogP contribution < -0.4 is 5.73 Å². The molecule has 1 aromatic carbocycles. The maximum atomic E-state index is 6.10. The molecule has 0 bridgehead atoms. The number of nitrogens with zero attached hydrogens (tertiary/aromatic N) is 1. The van der Waals surface area contributed by atoms with Gasteiger partial charge in [0.05, 0.1) is 5.84 Å². The lowest BCUT2D eigenvalue weighted by Crippen LogP contribution is -2.29. The Hall–Kier alpha value is -1.31. The summed E-state index contributed by atoms with van der Waals surface area (Å²) in [5.74, 6) is 1.89. The minimum atomic E-state index is 0.448. The Labute approximate surface area is 104 Å². The quantitative estimate of drug-likeness (QED) is 0.629. The minimum Gasteiger partial charge on any atom is -0.387 e. The van der Waals surface area contributed by atoms with Crippen molar-refractivity contribution in [1.82, 2.24) is 0 Å². The van der Waals surface area contributed by atoms with E-state index in [1.54, 1.807) is 0 Å². The predicted molar refractivity (Wildman–Crippen MR) is 73.3 cm³/mol. The molecule has 0 amide bonds. The first-order chi connectivity index (χ1) is 8.16. The fourth-order valence-corrected chi connectivity index (χ4v) is 2.37. The zero-order chi connectivity index (χ0) is 12.3. The van der Waals surface area contributed by atoms with Gasteiger partial charge in [0, 0.05) is 12.5 Å². The summed E-state index contributed by atoms with van der Waals surface area (Å²) < 4.78 is 0. The molecule has 0 aromatic heterocycles. The molecule has 2 nitrogen and oxygen atoms in total. The van der Waals surface area contributed by atoms with E-state index < -0.39 is 0 Å². The van der Waals surface area contributed by atoms with Crippen LogP contribution in [0.1, 0.15) is 31.4 Å². The fourth-order valence-electron chi connectivity index (χ4n) is 2.37. The van der Waals surface area contributed by atoms with Gasteiger partial charge in [0.15, 0.2) is 0 Å². The van der Waals surface area contributed by atoms with Crippen LogP contribution in [0.2, 0.25) is 0 Å². The van der Waals surface area contributed by atoms with E-state index in [0.717, 1.165) is 31.6 Å². The molecule has 0 saturated carbocycles. The first-order valence-electron chi connectivity index (χ1n) is 6.53. The minimum absolute atomic E-state index is 0.448. The Morgan fingerprint density at radius 3 is 2.76 bits per heavy atom. The van der Waals surface area contributed by atoms with Crippen molar-refractivity contribution in [3.05, 3.63) is 35.4 Å². The normalized spacial score (nSPS) is 20.4. The first-order valence-corrected chi connectivity index (χ1v) is 6.53. The number of aryl methyl sites for hydroxylation is 1. The van der Waals surface area contributed by atoms with Gasteiger partial charge in [0.2, 0.25) is 0 Å². The topological polar surface area (TPSA) is 38.4 Å². The molecular weight excluding hydrogens is 208 g/mol. The number of hydrogen-bond donors (Lipinski definition) is 1. The standard InChI is InChI=1S/C15H22N2/c1-11(2)10-17-15(16)14-8-7-12-5-3-4-6-13(12)9-14/h3-6,11,14H,7-10H2,1-2H3,(H2,16,17). The second kappa shape index (κ2) is 5.35. The number of hydrogen-bond acceptors (Lipinski definition) is 1. The molecule has 2 heteroatoms. The van der Waals surface area contributed by atoms with Gasteiger partial charge >= 0.3 is 0 Å². The van der Waals surface area contributed by atoms with Crippen molar-refractivity contribution < 1.29 is 0 Å². The van der Waals surface area contributed by atoms with E-state index in [1.165, 1.54) is 11.1 Å². The van der Waals surface area contributed by atoms with Crippen molar-refractivity contribution in [2.45, 2.75) is 33.1 Å². The molecule has 92 valence electrons. The first kappa shape index (κ1) is 12.2. The van der Waals surface area contributed by atoms with Crippen molar-refractivity contribution in [3.8, 4) is 0 Å². The van der Waals surface area contributed by atoms with Gasteiger partial charge in [-0.3, -0.25) is 4.99 Å². The van der Waals surface area contributed by atoms with Gasteiger partial charge in [0.1, 0.15) is 0 Å². The van der Waals surface area contributed by atoms with Gasteiger partial charge in [-0.05, 0) is 36.3 Å². The van der Waals surface area contributed by atoms with Gasteiger partial charge in [0.25, 0.3) is 0 Å². The van der Waals surface area contributed by atoms with Crippen LogP contribution in [0, 0.1) is 11.8 Å². The smallest absolute Gasteiger partial charge is 0.0971 e. The highest BCUT2D eigenvalue weighted by molar-refractivity contribution is 5.83. The summed E-state index contributed by atoms with van der Waals surface area (Å²) in [7, 11) is 0. The lowest BCUT2D eigenvalue weighted by atomic mass is 9.83. The lowest BCUT2D eigenvalue weighted by molar-refractivity contribution is 0.572. The molecule has 1 unspecified atom stereocenters. The molecule has 0 aliphatic heterocycles. The van der Waals surface area contributed by atoms with Crippen LogP contribution in [0.15, 0.2) is 29.3 Å². The van der Waals surface area contributed by atoms with E-state index in [-0.39, 0.29) is 0 Å². The number of benzene rings is 1. The molecule has 2 rings (SSSR count). The number of nitrogens with two attached hydrogens (primary N) is 1. The van der Waals surface area contributed by atoms with Gasteiger partial charge in [-0.15, -0.1) is 0 Å². The van der Waals surface area contributed by atoms with Crippen LogP contribution in [0.3, 0.4) is 0 Å². The van der Waals surface area contributed by atoms with Crippen LogP contribution in [0.5, 0.6) is 0 Å². The Bertz CT molecular complexity index is 407. The van der Waals surface area contributed by atoms with Crippen molar-refractivity contribution in [2.75, 3.05) is 6.54 Å². The highest BCUT2D eigenvalue weighted by Crippen LogP contribution is 2.25. The Kier molecular flexibility index (Phi) is 3.82. The highest BCUT2D eigenvalue weighted by Gasteiger charge is 2.20. The number of fused-ring (bicyclic) bond motifs is 1. The summed E-state index contributed by atoms with van der Waals surface area (Å²) in [5.41, 5.74) is 9.04. The molecule has 0 saturated heterocycles. The third-order valence-corrected chi connectivity index (χ3v) is 3.40. The second-order valence-corrected chi connectivity index (χ2v) is 5.37. The molecule has 0 radical (unpaired) electrons. The van der Waals surface area contributed by atoms with E-state index in [0.29, 0.717) is 11.8 Å². The fraction of sp³-hybridized carbons (Fsp3) is 0.533. The monoisotopic (exact) mass is 230 g/mol. The van der Waals surface area contributed by atoms with E-state index in [1.807, 2.05) is 0 Å². The summed E-state index contributed by atoms with van der Waals surface area (Å²) in [6.45, 7) is 5.20. The third-order valence-electron chi connectivity index (χ3n) is 3.40. The van der Waals surface area contributed by atoms with Gasteiger partial charge in [-0.1, -0.05) is 38.1 Å². The van der Waals surface area contributed by atoms with E-state index >= 15 is 0 Å². The highest BCUT2D eigenvalue weighted by atomic mass is 14.9. The Balaban J connectivity index is 2.04. The van der Waals surface area contributed by atoms with Crippen molar-refractivity contribution >= 4 is 5.84 Å². The molecule has 1 aliphatic rings.